The predicted octanol–water partition coefficient (Wildman–Crippen LogP) is 10.8. The summed E-state index contributed by atoms with van der Waals surface area (Å²) in [5.74, 6) is 2.23. The Balaban J connectivity index is 1.32. The highest BCUT2D eigenvalue weighted by molar-refractivity contribution is 6.09. The molecule has 0 atom stereocenters. The van der Waals surface area contributed by atoms with Crippen LogP contribution in [0.5, 0.6) is 17.2 Å². The molecule has 0 aromatic heterocycles. The molecule has 0 spiro atoms. The Morgan fingerprint density at radius 3 is 1.45 bits per heavy atom. The second-order valence-electron chi connectivity index (χ2n) is 12.3. The molecule has 0 saturated carbocycles. The van der Waals surface area contributed by atoms with Crippen LogP contribution in [0.15, 0.2) is 121 Å². The zero-order valence-electron chi connectivity index (χ0n) is 26.5. The second kappa shape index (κ2) is 13.2. The summed E-state index contributed by atoms with van der Waals surface area (Å²) < 4.78 is 12.0. The molecule has 0 saturated heterocycles. The number of nitrogens with zero attached hydrogens (tertiary/aromatic N) is 1. The molecule has 5 aromatic rings. The smallest absolute Gasteiger partial charge is 0.193 e. The van der Waals surface area contributed by atoms with Gasteiger partial charge in [0.25, 0.3) is 0 Å². The molecule has 5 rings (SSSR count). The van der Waals surface area contributed by atoms with Gasteiger partial charge in [-0.3, -0.25) is 4.79 Å². The lowest BCUT2D eigenvalue weighted by molar-refractivity contribution is 0.103. The normalized spacial score (nSPS) is 11.3. The van der Waals surface area contributed by atoms with Crippen LogP contribution in [0.4, 0.5) is 17.1 Å². The average molecular weight is 584 g/mol. The number of carbonyl (C=O) groups excluding carboxylic acids is 1. The van der Waals surface area contributed by atoms with Crippen LogP contribution < -0.4 is 14.4 Å². The van der Waals surface area contributed by atoms with Crippen LogP contribution in [0.2, 0.25) is 0 Å². The van der Waals surface area contributed by atoms with Gasteiger partial charge >= 0.3 is 0 Å². The molecule has 0 heterocycles. The quantitative estimate of drug-likeness (QED) is 0.153. The van der Waals surface area contributed by atoms with E-state index in [0.717, 1.165) is 29.2 Å². The number of rotatable bonds is 10. The maximum Gasteiger partial charge on any atom is 0.193 e. The molecular formula is C40H41NO3. The van der Waals surface area contributed by atoms with Crippen LogP contribution in [0, 0.1) is 0 Å². The van der Waals surface area contributed by atoms with Gasteiger partial charge in [0, 0.05) is 28.2 Å². The molecule has 4 nitrogen and oxygen atoms in total. The molecular weight excluding hydrogens is 542 g/mol. The molecule has 224 valence electrons. The molecule has 44 heavy (non-hydrogen) atoms. The van der Waals surface area contributed by atoms with Crippen molar-refractivity contribution in [3.05, 3.63) is 144 Å². The van der Waals surface area contributed by atoms with Crippen LogP contribution in [-0.2, 0) is 11.8 Å². The number of hydrogen-bond acceptors (Lipinski definition) is 4. The second-order valence-corrected chi connectivity index (χ2v) is 12.3. The van der Waals surface area contributed by atoms with Gasteiger partial charge in [0.1, 0.15) is 17.2 Å². The van der Waals surface area contributed by atoms with E-state index in [4.69, 9.17) is 9.47 Å². The van der Waals surface area contributed by atoms with Crippen molar-refractivity contribution in [3.8, 4) is 17.2 Å². The first kappa shape index (κ1) is 30.6. The van der Waals surface area contributed by atoms with Crippen molar-refractivity contribution in [2.75, 3.05) is 4.90 Å². The Morgan fingerprint density at radius 2 is 1.02 bits per heavy atom. The first-order valence-corrected chi connectivity index (χ1v) is 15.3. The molecule has 0 fully saturated rings. The van der Waals surface area contributed by atoms with Crippen molar-refractivity contribution in [1.29, 1.82) is 0 Å². The summed E-state index contributed by atoms with van der Waals surface area (Å²) in [6.07, 6.45) is 1.11. The SMILES string of the molecule is CCc1ccc(N(c2ccc(Oc3ccc(C(=O)c4ccc(C(C)(C)C)cc4)cc3)cc2)c2ccc(OC(C)C)cc2)cc1. The van der Waals surface area contributed by atoms with Gasteiger partial charge in [-0.2, -0.15) is 0 Å². The van der Waals surface area contributed by atoms with Crippen molar-refractivity contribution in [2.24, 2.45) is 0 Å². The highest BCUT2D eigenvalue weighted by Crippen LogP contribution is 2.37. The third kappa shape index (κ3) is 7.38. The summed E-state index contributed by atoms with van der Waals surface area (Å²) in [7, 11) is 0. The lowest BCUT2D eigenvalue weighted by Gasteiger charge is -2.26. The van der Waals surface area contributed by atoms with Crippen LogP contribution in [0.1, 0.15) is 68.6 Å². The van der Waals surface area contributed by atoms with Gasteiger partial charge in [-0.25, -0.2) is 0 Å². The van der Waals surface area contributed by atoms with Crippen molar-refractivity contribution in [3.63, 3.8) is 0 Å². The van der Waals surface area contributed by atoms with E-state index in [9.17, 15) is 4.79 Å². The van der Waals surface area contributed by atoms with Crippen molar-refractivity contribution < 1.29 is 14.3 Å². The maximum atomic E-state index is 13.1. The van der Waals surface area contributed by atoms with Gasteiger partial charge in [-0.1, -0.05) is 64.1 Å². The van der Waals surface area contributed by atoms with Crippen molar-refractivity contribution >= 4 is 22.8 Å². The van der Waals surface area contributed by atoms with Crippen molar-refractivity contribution in [1.82, 2.24) is 0 Å². The predicted molar refractivity (Wildman–Crippen MR) is 181 cm³/mol. The number of benzene rings is 5. The Bertz CT molecular complexity index is 1660. The van der Waals surface area contributed by atoms with Gasteiger partial charge in [-0.05, 0) is 122 Å². The largest absolute Gasteiger partial charge is 0.491 e. The Kier molecular flexibility index (Phi) is 9.20. The molecule has 4 heteroatoms. The third-order valence-electron chi connectivity index (χ3n) is 7.53. The summed E-state index contributed by atoms with van der Waals surface area (Å²) in [6, 6.07) is 40.1. The van der Waals surface area contributed by atoms with E-state index in [2.05, 4.69) is 81.1 Å². The van der Waals surface area contributed by atoms with E-state index in [1.807, 2.05) is 86.6 Å². The highest BCUT2D eigenvalue weighted by Gasteiger charge is 2.16. The summed E-state index contributed by atoms with van der Waals surface area (Å²) in [4.78, 5) is 15.3. The lowest BCUT2D eigenvalue weighted by atomic mass is 9.86. The standard InChI is InChI=1S/C40H41NO3/c1-7-29-8-16-33(17-9-29)41(34-18-24-36(25-19-34)43-28(2)3)35-20-26-38(27-21-35)44-37-22-12-31(13-23-37)39(42)30-10-14-32(15-11-30)40(4,5)6/h8-28H,7H2,1-6H3. The van der Waals surface area contributed by atoms with Gasteiger partial charge in [0.2, 0.25) is 0 Å². The van der Waals surface area contributed by atoms with Gasteiger partial charge < -0.3 is 14.4 Å². The number of hydrogen-bond donors (Lipinski definition) is 0. The third-order valence-corrected chi connectivity index (χ3v) is 7.53. The molecule has 0 N–H and O–H groups in total. The monoisotopic (exact) mass is 583 g/mol. The molecule has 0 aliphatic heterocycles. The fraction of sp³-hybridized carbons (Fsp3) is 0.225. The summed E-state index contributed by atoms with van der Waals surface area (Å²) in [5, 5.41) is 0. The van der Waals surface area contributed by atoms with E-state index in [-0.39, 0.29) is 17.3 Å². The first-order valence-electron chi connectivity index (χ1n) is 15.3. The lowest BCUT2D eigenvalue weighted by Crippen LogP contribution is -2.11. The molecule has 5 aromatic carbocycles. The van der Waals surface area contributed by atoms with Gasteiger partial charge in [0.15, 0.2) is 5.78 Å². The highest BCUT2D eigenvalue weighted by atomic mass is 16.5. The van der Waals surface area contributed by atoms with Crippen LogP contribution in [0.25, 0.3) is 0 Å². The Hall–Kier alpha value is -4.83. The summed E-state index contributed by atoms with van der Waals surface area (Å²) >= 11 is 0. The molecule has 0 unspecified atom stereocenters. The van der Waals surface area contributed by atoms with Gasteiger partial charge in [0.05, 0.1) is 6.10 Å². The Labute approximate surface area is 261 Å². The molecule has 0 aliphatic carbocycles. The van der Waals surface area contributed by atoms with E-state index in [1.54, 1.807) is 0 Å². The zero-order chi connectivity index (χ0) is 31.3. The van der Waals surface area contributed by atoms with Crippen LogP contribution >= 0.6 is 0 Å². The maximum absolute atomic E-state index is 13.1. The topological polar surface area (TPSA) is 38.8 Å². The van der Waals surface area contributed by atoms with Crippen LogP contribution in [0.3, 0.4) is 0 Å². The summed E-state index contributed by atoms with van der Waals surface area (Å²) in [5.41, 5.74) is 6.97. The molecule has 0 radical (unpaired) electrons. The summed E-state index contributed by atoms with van der Waals surface area (Å²) in [6.45, 7) is 12.7. The van der Waals surface area contributed by atoms with E-state index in [1.165, 1.54) is 11.1 Å². The van der Waals surface area contributed by atoms with E-state index >= 15 is 0 Å². The number of ether oxygens (including phenoxy) is 2. The van der Waals surface area contributed by atoms with Crippen LogP contribution in [-0.4, -0.2) is 11.9 Å². The molecule has 0 bridgehead atoms. The minimum Gasteiger partial charge on any atom is -0.491 e. The van der Waals surface area contributed by atoms with E-state index < -0.39 is 0 Å². The van der Waals surface area contributed by atoms with E-state index in [0.29, 0.717) is 22.6 Å². The number of anilines is 3. The average Bonchev–Trinajstić information content (AvgIpc) is 3.02. The number of carbonyl (C=O) groups is 1. The number of ketones is 1. The van der Waals surface area contributed by atoms with Gasteiger partial charge in [-0.15, -0.1) is 0 Å². The minimum absolute atomic E-state index is 0.00257. The zero-order valence-corrected chi connectivity index (χ0v) is 26.5. The fourth-order valence-electron chi connectivity index (χ4n) is 5.04. The molecule has 0 amide bonds. The van der Waals surface area contributed by atoms with Crippen molar-refractivity contribution in [2.45, 2.75) is 59.5 Å². The number of aryl methyl sites for hydroxylation is 1. The first-order chi connectivity index (χ1) is 21.1. The fourth-order valence-corrected chi connectivity index (χ4v) is 5.04. The molecule has 0 aliphatic rings. The Morgan fingerprint density at radius 1 is 0.614 bits per heavy atom. The minimum atomic E-state index is -0.00257.